The Morgan fingerprint density at radius 2 is 1.93 bits per heavy atom. The van der Waals surface area contributed by atoms with Gasteiger partial charge in [0.15, 0.2) is 0 Å². The van der Waals surface area contributed by atoms with E-state index in [0.29, 0.717) is 11.3 Å². The number of hydrogen-bond acceptors (Lipinski definition) is 4. The van der Waals surface area contributed by atoms with Crippen LogP contribution in [-0.4, -0.2) is 47.9 Å². The number of halogens is 1. The highest BCUT2D eigenvalue weighted by molar-refractivity contribution is 5.95. The van der Waals surface area contributed by atoms with Gasteiger partial charge in [0.1, 0.15) is 5.82 Å². The maximum Gasteiger partial charge on any atom is 0.241 e. The van der Waals surface area contributed by atoms with Crippen LogP contribution in [0.3, 0.4) is 0 Å². The summed E-state index contributed by atoms with van der Waals surface area (Å²) in [6, 6.07) is 14.0. The monoisotopic (exact) mass is 394 g/mol. The molecule has 0 aliphatic carbocycles. The Balaban J connectivity index is 1.55. The number of amides is 1. The van der Waals surface area contributed by atoms with Gasteiger partial charge < -0.3 is 5.32 Å². The predicted octanol–water partition coefficient (Wildman–Crippen LogP) is 3.54. The molecule has 6 heteroatoms. The minimum Gasteiger partial charge on any atom is -0.324 e. The second kappa shape index (κ2) is 9.64. The van der Waals surface area contributed by atoms with Crippen LogP contribution in [0, 0.1) is 24.1 Å². The summed E-state index contributed by atoms with van der Waals surface area (Å²) in [5.41, 5.74) is 3.23. The second-order valence-corrected chi connectivity index (χ2v) is 7.60. The lowest BCUT2D eigenvalue weighted by Gasteiger charge is -2.27. The van der Waals surface area contributed by atoms with E-state index < -0.39 is 0 Å². The molecule has 0 saturated carbocycles. The zero-order valence-corrected chi connectivity index (χ0v) is 17.0. The van der Waals surface area contributed by atoms with Gasteiger partial charge in [-0.05, 0) is 62.2 Å². The fourth-order valence-corrected chi connectivity index (χ4v) is 3.61. The highest BCUT2D eigenvalue weighted by atomic mass is 19.1. The molecular weight excluding hydrogens is 367 g/mol. The average Bonchev–Trinajstić information content (AvgIpc) is 2.96. The molecule has 1 saturated heterocycles. The lowest BCUT2D eigenvalue weighted by molar-refractivity contribution is -0.120. The van der Waals surface area contributed by atoms with Crippen molar-refractivity contribution >= 4 is 11.6 Å². The largest absolute Gasteiger partial charge is 0.324 e. The molecule has 1 heterocycles. The molecular formula is C23H27FN4O. The normalized spacial score (nSPS) is 16.6. The van der Waals surface area contributed by atoms with Gasteiger partial charge >= 0.3 is 0 Å². The van der Waals surface area contributed by atoms with E-state index in [1.807, 2.05) is 38.1 Å². The molecule has 0 aromatic heterocycles. The van der Waals surface area contributed by atoms with Crippen LogP contribution in [-0.2, 0) is 11.3 Å². The zero-order chi connectivity index (χ0) is 20.8. The van der Waals surface area contributed by atoms with Gasteiger partial charge in [-0.1, -0.05) is 18.2 Å². The number of nitriles is 1. The van der Waals surface area contributed by atoms with Crippen molar-refractivity contribution in [3.63, 3.8) is 0 Å². The molecule has 2 aromatic carbocycles. The molecule has 29 heavy (non-hydrogen) atoms. The van der Waals surface area contributed by atoms with Crippen LogP contribution in [0.2, 0.25) is 0 Å². The molecule has 3 rings (SSSR count). The number of carbonyl (C=O) groups excluding carboxylic acids is 1. The van der Waals surface area contributed by atoms with Crippen molar-refractivity contribution < 1.29 is 9.18 Å². The van der Waals surface area contributed by atoms with Gasteiger partial charge in [0, 0.05) is 31.9 Å². The average molecular weight is 394 g/mol. The molecule has 0 radical (unpaired) electrons. The van der Waals surface area contributed by atoms with Crippen LogP contribution in [0.15, 0.2) is 42.5 Å². The molecule has 1 aliphatic heterocycles. The molecule has 1 aliphatic rings. The van der Waals surface area contributed by atoms with Crippen LogP contribution in [0.25, 0.3) is 0 Å². The second-order valence-electron chi connectivity index (χ2n) is 7.60. The van der Waals surface area contributed by atoms with E-state index in [1.165, 1.54) is 17.7 Å². The minimum atomic E-state index is -0.355. The molecule has 0 unspecified atom stereocenters. The number of benzene rings is 2. The standard InChI is InChI=1S/C23H27FN4O/c1-17-4-9-21(24)14-22(17)26-23(29)18(2)28-11-3-10-27(12-13-28)16-20-7-5-19(15-25)6-8-20/h4-9,14,18H,3,10-13,16H2,1-2H3,(H,26,29)/t18-/m0/s1. The van der Waals surface area contributed by atoms with Gasteiger partial charge in [0.25, 0.3) is 0 Å². The molecule has 1 atom stereocenters. The fraction of sp³-hybridized carbons (Fsp3) is 0.391. The van der Waals surface area contributed by atoms with Gasteiger partial charge in [-0.2, -0.15) is 5.26 Å². The Morgan fingerprint density at radius 1 is 1.17 bits per heavy atom. The third-order valence-electron chi connectivity index (χ3n) is 5.50. The molecule has 5 nitrogen and oxygen atoms in total. The van der Waals surface area contributed by atoms with Gasteiger partial charge in [0.2, 0.25) is 5.91 Å². The lowest BCUT2D eigenvalue weighted by atomic mass is 10.1. The number of hydrogen-bond donors (Lipinski definition) is 1. The Kier molecular flexibility index (Phi) is 6.97. The molecule has 1 fully saturated rings. The molecule has 152 valence electrons. The first kappa shape index (κ1) is 21.0. The van der Waals surface area contributed by atoms with Crippen LogP contribution >= 0.6 is 0 Å². The van der Waals surface area contributed by atoms with Crippen molar-refractivity contribution in [2.45, 2.75) is 32.9 Å². The Hall–Kier alpha value is -2.75. The van der Waals surface area contributed by atoms with Gasteiger partial charge in [-0.25, -0.2) is 4.39 Å². The number of anilines is 1. The summed E-state index contributed by atoms with van der Waals surface area (Å²) in [5.74, 6) is -0.467. The van der Waals surface area contributed by atoms with E-state index in [4.69, 9.17) is 5.26 Å². The van der Waals surface area contributed by atoms with Crippen molar-refractivity contribution in [2.75, 3.05) is 31.5 Å². The van der Waals surface area contributed by atoms with Gasteiger partial charge in [0.05, 0.1) is 17.7 Å². The van der Waals surface area contributed by atoms with E-state index in [0.717, 1.165) is 44.7 Å². The fourth-order valence-electron chi connectivity index (χ4n) is 3.61. The van der Waals surface area contributed by atoms with Crippen LogP contribution in [0.5, 0.6) is 0 Å². The van der Waals surface area contributed by atoms with E-state index in [-0.39, 0.29) is 17.8 Å². The molecule has 0 bridgehead atoms. The van der Waals surface area contributed by atoms with E-state index in [2.05, 4.69) is 21.2 Å². The number of carbonyl (C=O) groups is 1. The third kappa shape index (κ3) is 5.63. The number of rotatable bonds is 5. The number of nitrogens with one attached hydrogen (secondary N) is 1. The number of aryl methyl sites for hydroxylation is 1. The summed E-state index contributed by atoms with van der Waals surface area (Å²) >= 11 is 0. The summed E-state index contributed by atoms with van der Waals surface area (Å²) < 4.78 is 13.5. The Bertz CT molecular complexity index is 891. The molecule has 1 N–H and O–H groups in total. The van der Waals surface area contributed by atoms with Crippen molar-refractivity contribution in [1.29, 1.82) is 5.26 Å². The van der Waals surface area contributed by atoms with Crippen molar-refractivity contribution in [3.05, 3.63) is 65.0 Å². The quantitative estimate of drug-likeness (QED) is 0.843. The van der Waals surface area contributed by atoms with Crippen LogP contribution in [0.4, 0.5) is 10.1 Å². The first-order valence-corrected chi connectivity index (χ1v) is 9.99. The summed E-state index contributed by atoms with van der Waals surface area (Å²) in [5, 5.41) is 11.8. The minimum absolute atomic E-state index is 0.112. The zero-order valence-electron chi connectivity index (χ0n) is 17.0. The maximum absolute atomic E-state index is 13.5. The van der Waals surface area contributed by atoms with Crippen molar-refractivity contribution in [1.82, 2.24) is 9.80 Å². The highest BCUT2D eigenvalue weighted by Gasteiger charge is 2.24. The molecule has 0 spiro atoms. The Labute approximate surface area is 171 Å². The highest BCUT2D eigenvalue weighted by Crippen LogP contribution is 2.18. The number of nitrogens with zero attached hydrogens (tertiary/aromatic N) is 3. The van der Waals surface area contributed by atoms with Crippen molar-refractivity contribution in [3.8, 4) is 6.07 Å². The van der Waals surface area contributed by atoms with Gasteiger partial charge in [-0.3, -0.25) is 14.6 Å². The predicted molar refractivity (Wildman–Crippen MR) is 112 cm³/mol. The van der Waals surface area contributed by atoms with E-state index in [9.17, 15) is 9.18 Å². The summed E-state index contributed by atoms with van der Waals surface area (Å²) in [7, 11) is 0. The maximum atomic E-state index is 13.5. The van der Waals surface area contributed by atoms with E-state index >= 15 is 0 Å². The Morgan fingerprint density at radius 3 is 2.66 bits per heavy atom. The molecule has 2 aromatic rings. The smallest absolute Gasteiger partial charge is 0.241 e. The SMILES string of the molecule is Cc1ccc(F)cc1NC(=O)[C@H](C)N1CCCN(Cc2ccc(C#N)cc2)CC1. The van der Waals surface area contributed by atoms with Gasteiger partial charge in [-0.15, -0.1) is 0 Å². The van der Waals surface area contributed by atoms with Crippen molar-refractivity contribution in [2.24, 2.45) is 0 Å². The summed E-state index contributed by atoms with van der Waals surface area (Å²) in [6.07, 6.45) is 0.979. The first-order chi connectivity index (χ1) is 14.0. The third-order valence-corrected chi connectivity index (χ3v) is 5.50. The topological polar surface area (TPSA) is 59.4 Å². The lowest BCUT2D eigenvalue weighted by Crippen LogP contribution is -2.44. The van der Waals surface area contributed by atoms with Crippen LogP contribution < -0.4 is 5.32 Å². The molecule has 1 amide bonds. The summed E-state index contributed by atoms with van der Waals surface area (Å²) in [6.45, 7) is 8.08. The van der Waals surface area contributed by atoms with Crippen LogP contribution in [0.1, 0.15) is 30.0 Å². The summed E-state index contributed by atoms with van der Waals surface area (Å²) in [4.78, 5) is 17.3. The van der Waals surface area contributed by atoms with E-state index in [1.54, 1.807) is 6.07 Å². The first-order valence-electron chi connectivity index (χ1n) is 9.99.